The molecule has 0 aliphatic heterocycles. The summed E-state index contributed by atoms with van der Waals surface area (Å²) >= 11 is 0. The first-order valence-corrected chi connectivity index (χ1v) is 5.04. The minimum atomic E-state index is -4.68. The normalized spacial score (nSPS) is 12.6. The van der Waals surface area contributed by atoms with E-state index in [1.807, 2.05) is 0 Å². The molecule has 5 nitrogen and oxygen atoms in total. The fourth-order valence-corrected chi connectivity index (χ4v) is 1.21. The first-order valence-electron chi connectivity index (χ1n) is 5.04. The van der Waals surface area contributed by atoms with E-state index in [0.29, 0.717) is 6.07 Å². The van der Waals surface area contributed by atoms with Gasteiger partial charge in [0.1, 0.15) is 18.4 Å². The van der Waals surface area contributed by atoms with E-state index in [4.69, 9.17) is 21.5 Å². The highest BCUT2D eigenvalue weighted by molar-refractivity contribution is 5.79. The van der Waals surface area contributed by atoms with Crippen molar-refractivity contribution in [3.8, 4) is 11.8 Å². The highest BCUT2D eigenvalue weighted by atomic mass is 19.4. The summed E-state index contributed by atoms with van der Waals surface area (Å²) < 4.78 is 43.0. The van der Waals surface area contributed by atoms with Crippen LogP contribution in [0.15, 0.2) is 18.2 Å². The van der Waals surface area contributed by atoms with E-state index in [1.54, 1.807) is 6.07 Å². The largest absolute Gasteiger partial charge is 0.491 e. The molecule has 1 amide bonds. The maximum atomic E-state index is 12.7. The molecule has 1 aromatic carbocycles. The molecule has 1 unspecified atom stereocenters. The molecule has 19 heavy (non-hydrogen) atoms. The molecule has 102 valence electrons. The Balaban J connectivity index is 3.01. The van der Waals surface area contributed by atoms with Crippen LogP contribution in [0.1, 0.15) is 11.1 Å². The van der Waals surface area contributed by atoms with Crippen molar-refractivity contribution in [2.24, 2.45) is 11.5 Å². The number of carbonyl (C=O) groups excluding carboxylic acids is 1. The van der Waals surface area contributed by atoms with Crippen molar-refractivity contribution in [3.63, 3.8) is 0 Å². The fourth-order valence-electron chi connectivity index (χ4n) is 1.21. The lowest BCUT2D eigenvalue weighted by atomic mass is 10.1. The Kier molecular flexibility index (Phi) is 4.34. The number of benzene rings is 1. The number of amides is 1. The molecule has 0 fully saturated rings. The average molecular weight is 273 g/mol. The van der Waals surface area contributed by atoms with Gasteiger partial charge in [-0.1, -0.05) is 0 Å². The number of hydrogen-bond acceptors (Lipinski definition) is 4. The van der Waals surface area contributed by atoms with Gasteiger partial charge in [0.15, 0.2) is 0 Å². The predicted molar refractivity (Wildman–Crippen MR) is 58.8 cm³/mol. The van der Waals surface area contributed by atoms with Crippen molar-refractivity contribution in [2.75, 3.05) is 6.61 Å². The minimum Gasteiger partial charge on any atom is -0.491 e. The molecule has 0 bridgehead atoms. The van der Waals surface area contributed by atoms with Crippen molar-refractivity contribution in [2.45, 2.75) is 12.2 Å². The topological polar surface area (TPSA) is 102 Å². The second-order valence-corrected chi connectivity index (χ2v) is 3.64. The lowest BCUT2D eigenvalue weighted by Crippen LogP contribution is -2.41. The van der Waals surface area contributed by atoms with Crippen LogP contribution in [-0.2, 0) is 11.0 Å². The van der Waals surface area contributed by atoms with E-state index in [1.165, 1.54) is 6.07 Å². The van der Waals surface area contributed by atoms with Gasteiger partial charge in [0.2, 0.25) is 5.91 Å². The SMILES string of the molecule is N#Cc1ccc(OCC(N)C(N)=O)c(C(F)(F)F)c1. The van der Waals surface area contributed by atoms with Gasteiger partial charge in [-0.25, -0.2) is 0 Å². The van der Waals surface area contributed by atoms with Gasteiger partial charge in [0.25, 0.3) is 0 Å². The zero-order valence-corrected chi connectivity index (χ0v) is 9.57. The number of hydrogen-bond donors (Lipinski definition) is 2. The number of alkyl halides is 3. The number of carbonyl (C=O) groups is 1. The molecular weight excluding hydrogens is 263 g/mol. The second-order valence-electron chi connectivity index (χ2n) is 3.64. The van der Waals surface area contributed by atoms with Crippen LogP contribution < -0.4 is 16.2 Å². The number of primary amides is 1. The Morgan fingerprint density at radius 3 is 2.58 bits per heavy atom. The van der Waals surface area contributed by atoms with E-state index in [0.717, 1.165) is 6.07 Å². The van der Waals surface area contributed by atoms with Gasteiger partial charge in [-0.2, -0.15) is 18.4 Å². The third kappa shape index (κ3) is 3.86. The summed E-state index contributed by atoms with van der Waals surface area (Å²) in [5.41, 5.74) is 8.84. The monoisotopic (exact) mass is 273 g/mol. The smallest absolute Gasteiger partial charge is 0.420 e. The van der Waals surface area contributed by atoms with Crippen LogP contribution in [0.4, 0.5) is 13.2 Å². The van der Waals surface area contributed by atoms with E-state index in [-0.39, 0.29) is 5.56 Å². The first kappa shape index (κ1) is 14.8. The molecular formula is C11H10F3N3O2. The molecule has 0 aromatic heterocycles. The molecule has 1 atom stereocenters. The maximum absolute atomic E-state index is 12.7. The zero-order valence-electron chi connectivity index (χ0n) is 9.57. The molecule has 1 aromatic rings. The number of nitrogens with zero attached hydrogens (tertiary/aromatic N) is 1. The Bertz CT molecular complexity index is 523. The van der Waals surface area contributed by atoms with Gasteiger partial charge in [-0.05, 0) is 18.2 Å². The van der Waals surface area contributed by atoms with Crippen molar-refractivity contribution in [1.82, 2.24) is 0 Å². The summed E-state index contributed by atoms with van der Waals surface area (Å²) in [6.07, 6.45) is -4.68. The second kappa shape index (κ2) is 5.58. The third-order valence-corrected chi connectivity index (χ3v) is 2.20. The number of nitrogens with two attached hydrogens (primary N) is 2. The summed E-state index contributed by atoms with van der Waals surface area (Å²) in [5.74, 6) is -1.40. The van der Waals surface area contributed by atoms with Crippen LogP contribution >= 0.6 is 0 Å². The standard InChI is InChI=1S/C11H10F3N3O2/c12-11(13,14)7-3-6(4-15)1-2-9(7)19-5-8(16)10(17)18/h1-3,8H,5,16H2,(H2,17,18). The van der Waals surface area contributed by atoms with Crippen LogP contribution in [0.3, 0.4) is 0 Å². The molecule has 0 spiro atoms. The molecule has 0 heterocycles. The summed E-state index contributed by atoms with van der Waals surface area (Å²) in [4.78, 5) is 10.7. The number of rotatable bonds is 4. The molecule has 4 N–H and O–H groups in total. The lowest BCUT2D eigenvalue weighted by molar-refractivity contribution is -0.139. The molecule has 0 saturated carbocycles. The Morgan fingerprint density at radius 1 is 1.47 bits per heavy atom. The van der Waals surface area contributed by atoms with Crippen molar-refractivity contribution in [3.05, 3.63) is 29.3 Å². The Morgan fingerprint density at radius 2 is 2.11 bits per heavy atom. The van der Waals surface area contributed by atoms with E-state index in [2.05, 4.69) is 0 Å². The molecule has 0 aliphatic carbocycles. The highest BCUT2D eigenvalue weighted by Crippen LogP contribution is 2.36. The van der Waals surface area contributed by atoms with Crippen LogP contribution in [0.5, 0.6) is 5.75 Å². The summed E-state index contributed by atoms with van der Waals surface area (Å²) in [5, 5.41) is 8.57. The average Bonchev–Trinajstić information content (AvgIpc) is 2.34. The zero-order chi connectivity index (χ0) is 14.6. The van der Waals surface area contributed by atoms with E-state index >= 15 is 0 Å². The number of halogens is 3. The molecule has 1 rings (SSSR count). The summed E-state index contributed by atoms with van der Waals surface area (Å²) in [6, 6.07) is 3.20. The van der Waals surface area contributed by atoms with Gasteiger partial charge in [-0.15, -0.1) is 0 Å². The van der Waals surface area contributed by atoms with Gasteiger partial charge in [0.05, 0.1) is 17.2 Å². The Labute approximate surface area is 106 Å². The maximum Gasteiger partial charge on any atom is 0.420 e. The van der Waals surface area contributed by atoms with E-state index < -0.39 is 36.0 Å². The van der Waals surface area contributed by atoms with Crippen LogP contribution in [0.2, 0.25) is 0 Å². The van der Waals surface area contributed by atoms with Crippen LogP contribution in [0.25, 0.3) is 0 Å². The fraction of sp³-hybridized carbons (Fsp3) is 0.273. The van der Waals surface area contributed by atoms with Crippen molar-refractivity contribution < 1.29 is 22.7 Å². The number of ether oxygens (including phenoxy) is 1. The Hall–Kier alpha value is -2.27. The molecule has 8 heteroatoms. The van der Waals surface area contributed by atoms with Crippen LogP contribution in [-0.4, -0.2) is 18.6 Å². The summed E-state index contributed by atoms with van der Waals surface area (Å²) in [7, 11) is 0. The van der Waals surface area contributed by atoms with Gasteiger partial charge >= 0.3 is 6.18 Å². The lowest BCUT2D eigenvalue weighted by Gasteiger charge is -2.15. The molecule has 0 radical (unpaired) electrons. The minimum absolute atomic E-state index is 0.154. The predicted octanol–water partition coefficient (Wildman–Crippen LogP) is 0.768. The van der Waals surface area contributed by atoms with Gasteiger partial charge in [-0.3, -0.25) is 4.79 Å². The first-order chi connectivity index (χ1) is 8.75. The van der Waals surface area contributed by atoms with Crippen molar-refractivity contribution >= 4 is 5.91 Å². The number of nitriles is 1. The highest BCUT2D eigenvalue weighted by Gasteiger charge is 2.35. The van der Waals surface area contributed by atoms with Crippen LogP contribution in [0, 0.1) is 11.3 Å². The molecule has 0 saturated heterocycles. The summed E-state index contributed by atoms with van der Waals surface area (Å²) in [6.45, 7) is -0.482. The van der Waals surface area contributed by atoms with Crippen molar-refractivity contribution in [1.29, 1.82) is 5.26 Å². The van der Waals surface area contributed by atoms with Gasteiger partial charge < -0.3 is 16.2 Å². The van der Waals surface area contributed by atoms with Gasteiger partial charge in [0, 0.05) is 0 Å². The quantitative estimate of drug-likeness (QED) is 0.845. The third-order valence-electron chi connectivity index (χ3n) is 2.20. The molecule has 0 aliphatic rings. The van der Waals surface area contributed by atoms with E-state index in [9.17, 15) is 18.0 Å².